The van der Waals surface area contributed by atoms with Gasteiger partial charge in [0.05, 0.1) is 17.7 Å². The molecule has 0 aliphatic rings. The zero-order valence-corrected chi connectivity index (χ0v) is 11.9. The van der Waals surface area contributed by atoms with Crippen LogP contribution in [0.25, 0.3) is 0 Å². The van der Waals surface area contributed by atoms with Crippen LogP contribution in [0.5, 0.6) is 0 Å². The molecule has 2 aromatic rings. The second-order valence-electron chi connectivity index (χ2n) is 4.76. The number of hydrogen-bond donors (Lipinski definition) is 1. The standard InChI is InChI=1S/C14H11F6N3O/c15-13(16,17)10-4-2-1-3-9(10)12(24)21-6-8-23-7-5-11(22-23)14(18,19)20/h1-5,7H,6,8H2,(H,21,24). The largest absolute Gasteiger partial charge is 0.435 e. The van der Waals surface area contributed by atoms with Gasteiger partial charge in [0.25, 0.3) is 5.91 Å². The van der Waals surface area contributed by atoms with Gasteiger partial charge in [0.15, 0.2) is 5.69 Å². The number of rotatable bonds is 4. The summed E-state index contributed by atoms with van der Waals surface area (Å²) < 4.78 is 76.5. The van der Waals surface area contributed by atoms with Crippen molar-refractivity contribution in [3.63, 3.8) is 0 Å². The van der Waals surface area contributed by atoms with Gasteiger partial charge >= 0.3 is 12.4 Å². The van der Waals surface area contributed by atoms with Crippen LogP contribution < -0.4 is 5.32 Å². The highest BCUT2D eigenvalue weighted by molar-refractivity contribution is 5.95. The summed E-state index contributed by atoms with van der Waals surface area (Å²) in [7, 11) is 0. The molecule has 1 N–H and O–H groups in total. The average molecular weight is 351 g/mol. The minimum absolute atomic E-state index is 0.115. The van der Waals surface area contributed by atoms with Crippen molar-refractivity contribution in [2.75, 3.05) is 6.54 Å². The zero-order chi connectivity index (χ0) is 18.0. The van der Waals surface area contributed by atoms with Gasteiger partial charge < -0.3 is 5.32 Å². The van der Waals surface area contributed by atoms with Crippen molar-refractivity contribution in [2.45, 2.75) is 18.9 Å². The lowest BCUT2D eigenvalue weighted by atomic mass is 10.1. The highest BCUT2D eigenvalue weighted by atomic mass is 19.4. The number of hydrogen-bond acceptors (Lipinski definition) is 2. The van der Waals surface area contributed by atoms with Crippen LogP contribution >= 0.6 is 0 Å². The Kier molecular flexibility index (Phi) is 4.86. The molecule has 0 saturated carbocycles. The number of amides is 1. The molecule has 0 atom stereocenters. The highest BCUT2D eigenvalue weighted by Gasteiger charge is 2.35. The van der Waals surface area contributed by atoms with Gasteiger partial charge in [0.1, 0.15) is 0 Å². The first-order chi connectivity index (χ1) is 11.1. The molecule has 130 valence electrons. The first-order valence-corrected chi connectivity index (χ1v) is 6.64. The van der Waals surface area contributed by atoms with Crippen molar-refractivity contribution < 1.29 is 31.1 Å². The lowest BCUT2D eigenvalue weighted by Gasteiger charge is -2.12. The average Bonchev–Trinajstić information content (AvgIpc) is 2.95. The van der Waals surface area contributed by atoms with Crippen molar-refractivity contribution in [2.24, 2.45) is 0 Å². The van der Waals surface area contributed by atoms with Crippen LogP contribution in [0.2, 0.25) is 0 Å². The monoisotopic (exact) mass is 351 g/mol. The molecule has 1 amide bonds. The van der Waals surface area contributed by atoms with Crippen molar-refractivity contribution >= 4 is 5.91 Å². The summed E-state index contributed by atoms with van der Waals surface area (Å²) in [6, 6.07) is 5.00. The van der Waals surface area contributed by atoms with E-state index >= 15 is 0 Å². The van der Waals surface area contributed by atoms with Gasteiger partial charge in [-0.05, 0) is 18.2 Å². The molecular formula is C14H11F6N3O. The van der Waals surface area contributed by atoms with E-state index in [1.807, 2.05) is 0 Å². The molecule has 2 rings (SSSR count). The third kappa shape index (κ3) is 4.27. The number of carbonyl (C=O) groups excluding carboxylic acids is 1. The molecule has 4 nitrogen and oxygen atoms in total. The van der Waals surface area contributed by atoms with Crippen LogP contribution in [0, 0.1) is 0 Å². The molecule has 10 heteroatoms. The Morgan fingerprint density at radius 3 is 2.29 bits per heavy atom. The maximum absolute atomic E-state index is 12.8. The van der Waals surface area contributed by atoms with E-state index in [-0.39, 0.29) is 13.1 Å². The summed E-state index contributed by atoms with van der Waals surface area (Å²) in [6.07, 6.45) is -8.20. The zero-order valence-electron chi connectivity index (χ0n) is 11.9. The van der Waals surface area contributed by atoms with E-state index in [0.29, 0.717) is 0 Å². The minimum atomic E-state index is -4.68. The summed E-state index contributed by atoms with van der Waals surface area (Å²) in [4.78, 5) is 11.8. The fourth-order valence-corrected chi connectivity index (χ4v) is 1.94. The number of nitrogens with one attached hydrogen (secondary N) is 1. The summed E-state index contributed by atoms with van der Waals surface area (Å²) in [5.74, 6) is -0.967. The Balaban J connectivity index is 1.99. The molecular weight excluding hydrogens is 340 g/mol. The number of halogens is 6. The quantitative estimate of drug-likeness (QED) is 0.859. The third-order valence-corrected chi connectivity index (χ3v) is 3.03. The number of carbonyl (C=O) groups is 1. The van der Waals surface area contributed by atoms with Crippen molar-refractivity contribution in [1.82, 2.24) is 15.1 Å². The van der Waals surface area contributed by atoms with Crippen molar-refractivity contribution in [3.8, 4) is 0 Å². The minimum Gasteiger partial charge on any atom is -0.350 e. The van der Waals surface area contributed by atoms with Crippen LogP contribution in [-0.2, 0) is 18.9 Å². The van der Waals surface area contributed by atoms with Crippen molar-refractivity contribution in [3.05, 3.63) is 53.3 Å². The second kappa shape index (κ2) is 6.54. The lowest BCUT2D eigenvalue weighted by Crippen LogP contribution is -2.29. The second-order valence-corrected chi connectivity index (χ2v) is 4.76. The molecule has 24 heavy (non-hydrogen) atoms. The molecule has 0 saturated heterocycles. The van der Waals surface area contributed by atoms with E-state index in [1.54, 1.807) is 0 Å². The predicted molar refractivity (Wildman–Crippen MR) is 71.0 cm³/mol. The molecule has 1 aromatic carbocycles. The Hall–Kier alpha value is -2.52. The Bertz CT molecular complexity index is 720. The Morgan fingerprint density at radius 2 is 1.71 bits per heavy atom. The van der Waals surface area contributed by atoms with Crippen LogP contribution in [0.1, 0.15) is 21.6 Å². The van der Waals surface area contributed by atoms with E-state index < -0.39 is 35.1 Å². The topological polar surface area (TPSA) is 46.9 Å². The molecule has 0 fully saturated rings. The number of nitrogens with zero attached hydrogens (tertiary/aromatic N) is 2. The Labute approximate surface area is 132 Å². The van der Waals surface area contributed by atoms with Gasteiger partial charge in [0.2, 0.25) is 0 Å². The Morgan fingerprint density at radius 1 is 1.04 bits per heavy atom. The van der Waals surface area contributed by atoms with Gasteiger partial charge in [0, 0.05) is 12.7 Å². The summed E-state index contributed by atoms with van der Waals surface area (Å²) in [5, 5.41) is 5.50. The van der Waals surface area contributed by atoms with Gasteiger partial charge in [-0.25, -0.2) is 0 Å². The summed E-state index contributed by atoms with van der Waals surface area (Å²) >= 11 is 0. The van der Waals surface area contributed by atoms with Crippen LogP contribution in [0.15, 0.2) is 36.5 Å². The number of alkyl halides is 6. The molecule has 0 radical (unpaired) electrons. The van der Waals surface area contributed by atoms with Gasteiger partial charge in [-0.1, -0.05) is 12.1 Å². The molecule has 1 aromatic heterocycles. The SMILES string of the molecule is O=C(NCCn1ccc(C(F)(F)F)n1)c1ccccc1C(F)(F)F. The van der Waals surface area contributed by atoms with Gasteiger partial charge in [-0.15, -0.1) is 0 Å². The molecule has 0 bridgehead atoms. The third-order valence-electron chi connectivity index (χ3n) is 3.03. The van der Waals surface area contributed by atoms with Crippen LogP contribution in [0.3, 0.4) is 0 Å². The number of benzene rings is 1. The fourth-order valence-electron chi connectivity index (χ4n) is 1.94. The van der Waals surface area contributed by atoms with E-state index in [4.69, 9.17) is 0 Å². The van der Waals surface area contributed by atoms with Crippen molar-refractivity contribution in [1.29, 1.82) is 0 Å². The lowest BCUT2D eigenvalue weighted by molar-refractivity contribution is -0.141. The van der Waals surface area contributed by atoms with Gasteiger partial charge in [-0.3, -0.25) is 9.48 Å². The summed E-state index contributed by atoms with van der Waals surface area (Å²) in [5.41, 5.74) is -2.72. The molecule has 1 heterocycles. The molecule has 0 spiro atoms. The molecule has 0 aliphatic carbocycles. The number of aromatic nitrogens is 2. The van der Waals surface area contributed by atoms with E-state index in [0.717, 1.165) is 35.1 Å². The van der Waals surface area contributed by atoms with Crippen LogP contribution in [0.4, 0.5) is 26.3 Å². The highest BCUT2D eigenvalue weighted by Crippen LogP contribution is 2.31. The first-order valence-electron chi connectivity index (χ1n) is 6.64. The smallest absolute Gasteiger partial charge is 0.350 e. The predicted octanol–water partition coefficient (Wildman–Crippen LogP) is 3.35. The summed E-state index contributed by atoms with van der Waals surface area (Å²) in [6.45, 7) is -0.292. The fraction of sp³-hybridized carbons (Fsp3) is 0.286. The van der Waals surface area contributed by atoms with Gasteiger partial charge in [-0.2, -0.15) is 31.4 Å². The molecule has 0 aliphatic heterocycles. The van der Waals surface area contributed by atoms with E-state index in [1.165, 1.54) is 6.07 Å². The van der Waals surface area contributed by atoms with E-state index in [9.17, 15) is 31.1 Å². The molecule has 0 unspecified atom stereocenters. The first kappa shape index (κ1) is 17.8. The maximum atomic E-state index is 12.8. The van der Waals surface area contributed by atoms with Crippen LogP contribution in [-0.4, -0.2) is 22.2 Å². The maximum Gasteiger partial charge on any atom is 0.435 e. The van der Waals surface area contributed by atoms with E-state index in [2.05, 4.69) is 10.4 Å². The normalized spacial score (nSPS) is 12.2.